The molecular weight excluding hydrogens is 230 g/mol. The Kier molecular flexibility index (Phi) is 7.81. The molecule has 0 saturated heterocycles. The van der Waals surface area contributed by atoms with Crippen LogP contribution in [0.4, 0.5) is 0 Å². The van der Waals surface area contributed by atoms with Crippen molar-refractivity contribution in [2.24, 2.45) is 0 Å². The molecule has 0 aliphatic heterocycles. The van der Waals surface area contributed by atoms with E-state index in [1.54, 1.807) is 0 Å². The maximum Gasteiger partial charge on any atom is 0.00218 e. The zero-order valence-electron chi connectivity index (χ0n) is 13.3. The second-order valence-electron chi connectivity index (χ2n) is 5.63. The fraction of sp³-hybridized carbons (Fsp3) is 0.667. The Morgan fingerprint density at radius 2 is 1.84 bits per heavy atom. The minimum absolute atomic E-state index is 1.09. The average molecular weight is 261 g/mol. The van der Waals surface area contributed by atoms with E-state index in [2.05, 4.69) is 50.8 Å². The molecule has 1 nitrogen and oxygen atoms in total. The highest BCUT2D eigenvalue weighted by Gasteiger charge is 2.07. The summed E-state index contributed by atoms with van der Waals surface area (Å²) in [7, 11) is 0. The Bertz CT molecular complexity index is 347. The van der Waals surface area contributed by atoms with Gasteiger partial charge in [-0.2, -0.15) is 0 Å². The van der Waals surface area contributed by atoms with E-state index in [4.69, 9.17) is 0 Å². The first-order chi connectivity index (χ1) is 9.17. The monoisotopic (exact) mass is 261 g/mol. The molecule has 1 rings (SSSR count). The molecule has 1 aliphatic rings. The highest BCUT2D eigenvalue weighted by atomic mass is 15.1. The molecule has 0 aromatic carbocycles. The van der Waals surface area contributed by atoms with Crippen LogP contribution in [0.1, 0.15) is 59.8 Å². The summed E-state index contributed by atoms with van der Waals surface area (Å²) in [5.41, 5.74) is 4.41. The third kappa shape index (κ3) is 6.24. The molecule has 0 saturated carbocycles. The molecule has 1 aliphatic carbocycles. The van der Waals surface area contributed by atoms with Crippen LogP contribution in [0.2, 0.25) is 0 Å². The van der Waals surface area contributed by atoms with Gasteiger partial charge in [0.05, 0.1) is 0 Å². The third-order valence-electron chi connectivity index (χ3n) is 3.99. The summed E-state index contributed by atoms with van der Waals surface area (Å²) in [5, 5.41) is 0. The van der Waals surface area contributed by atoms with Gasteiger partial charge in [-0.05, 0) is 51.8 Å². The van der Waals surface area contributed by atoms with Crippen molar-refractivity contribution in [3.8, 4) is 0 Å². The molecule has 0 N–H and O–H groups in total. The first-order valence-corrected chi connectivity index (χ1v) is 7.94. The zero-order chi connectivity index (χ0) is 14.1. The van der Waals surface area contributed by atoms with Crippen molar-refractivity contribution in [1.82, 2.24) is 4.90 Å². The van der Waals surface area contributed by atoms with Crippen molar-refractivity contribution in [2.45, 2.75) is 59.8 Å². The lowest BCUT2D eigenvalue weighted by atomic mass is 10.0. The van der Waals surface area contributed by atoms with Crippen molar-refractivity contribution in [3.63, 3.8) is 0 Å². The van der Waals surface area contributed by atoms with Gasteiger partial charge in [0.1, 0.15) is 0 Å². The second-order valence-corrected chi connectivity index (χ2v) is 5.63. The lowest BCUT2D eigenvalue weighted by molar-refractivity contribution is 0.285. The molecule has 1 heteroatoms. The maximum atomic E-state index is 2.59. The van der Waals surface area contributed by atoms with Gasteiger partial charge in [-0.25, -0.2) is 0 Å². The molecule has 108 valence electrons. The van der Waals surface area contributed by atoms with Crippen molar-refractivity contribution in [1.29, 1.82) is 0 Å². The summed E-state index contributed by atoms with van der Waals surface area (Å²) in [6.45, 7) is 12.7. The quantitative estimate of drug-likeness (QED) is 0.549. The Morgan fingerprint density at radius 3 is 2.53 bits per heavy atom. The summed E-state index contributed by atoms with van der Waals surface area (Å²) >= 11 is 0. The van der Waals surface area contributed by atoms with Crippen LogP contribution in [0.3, 0.4) is 0 Å². The summed E-state index contributed by atoms with van der Waals surface area (Å²) in [6.07, 6.45) is 13.3. The molecule has 0 bridgehead atoms. The first kappa shape index (κ1) is 16.2. The van der Waals surface area contributed by atoms with E-state index in [-0.39, 0.29) is 0 Å². The Morgan fingerprint density at radius 1 is 1.05 bits per heavy atom. The minimum atomic E-state index is 1.09. The molecular formula is C18H31N. The van der Waals surface area contributed by atoms with Crippen LogP contribution in [0.25, 0.3) is 0 Å². The predicted octanol–water partition coefficient (Wildman–Crippen LogP) is 5.11. The summed E-state index contributed by atoms with van der Waals surface area (Å²) in [6, 6.07) is 0. The number of allylic oxidation sites excluding steroid dienone is 5. The van der Waals surface area contributed by atoms with Crippen LogP contribution in [0.5, 0.6) is 0 Å². The molecule has 0 heterocycles. The van der Waals surface area contributed by atoms with Crippen LogP contribution in [-0.2, 0) is 0 Å². The van der Waals surface area contributed by atoms with Crippen LogP contribution < -0.4 is 0 Å². The largest absolute Gasteiger partial charge is 0.303 e. The Hall–Kier alpha value is -0.820. The van der Waals surface area contributed by atoms with Crippen LogP contribution in [0, 0.1) is 0 Å². The number of hydrogen-bond acceptors (Lipinski definition) is 1. The van der Waals surface area contributed by atoms with Crippen LogP contribution in [0.15, 0.2) is 34.9 Å². The fourth-order valence-electron chi connectivity index (χ4n) is 2.56. The molecule has 0 spiro atoms. The van der Waals surface area contributed by atoms with E-state index < -0.39 is 0 Å². The predicted molar refractivity (Wildman–Crippen MR) is 86.5 cm³/mol. The summed E-state index contributed by atoms with van der Waals surface area (Å²) in [4.78, 5) is 2.59. The lowest BCUT2D eigenvalue weighted by Crippen LogP contribution is -2.26. The van der Waals surface area contributed by atoms with Gasteiger partial charge >= 0.3 is 0 Å². The maximum absolute atomic E-state index is 2.59. The third-order valence-corrected chi connectivity index (χ3v) is 3.99. The fourth-order valence-corrected chi connectivity index (χ4v) is 2.56. The van der Waals surface area contributed by atoms with Gasteiger partial charge in [0.25, 0.3) is 0 Å². The molecule has 0 radical (unpaired) electrons. The lowest BCUT2D eigenvalue weighted by Gasteiger charge is -2.21. The standard InChI is InChI=1S/C18H31N/c1-5-7-8-13-19(6-2)14-12-18-15-16(3)10-9-11-17(18)4/h10-11,15H,5-9,12-14H2,1-4H3. The number of hydrogen-bond donors (Lipinski definition) is 0. The van der Waals surface area contributed by atoms with Gasteiger partial charge in [0.2, 0.25) is 0 Å². The van der Waals surface area contributed by atoms with E-state index in [9.17, 15) is 0 Å². The van der Waals surface area contributed by atoms with Crippen molar-refractivity contribution >= 4 is 0 Å². The van der Waals surface area contributed by atoms with Gasteiger partial charge in [0, 0.05) is 6.54 Å². The zero-order valence-corrected chi connectivity index (χ0v) is 13.3. The number of rotatable bonds is 8. The van der Waals surface area contributed by atoms with Crippen molar-refractivity contribution in [3.05, 3.63) is 34.9 Å². The van der Waals surface area contributed by atoms with Gasteiger partial charge in [-0.3, -0.25) is 0 Å². The van der Waals surface area contributed by atoms with Gasteiger partial charge < -0.3 is 4.90 Å². The van der Waals surface area contributed by atoms with Gasteiger partial charge in [0.15, 0.2) is 0 Å². The van der Waals surface area contributed by atoms with E-state index in [1.807, 2.05) is 0 Å². The van der Waals surface area contributed by atoms with E-state index in [0.29, 0.717) is 0 Å². The number of nitrogens with zero attached hydrogens (tertiary/aromatic N) is 1. The molecule has 0 unspecified atom stereocenters. The first-order valence-electron chi connectivity index (χ1n) is 7.94. The average Bonchev–Trinajstić information content (AvgIpc) is 2.55. The van der Waals surface area contributed by atoms with E-state index in [0.717, 1.165) is 6.42 Å². The molecule has 0 atom stereocenters. The molecule has 0 aromatic heterocycles. The molecule has 0 aromatic rings. The van der Waals surface area contributed by atoms with E-state index >= 15 is 0 Å². The van der Waals surface area contributed by atoms with Crippen molar-refractivity contribution < 1.29 is 0 Å². The van der Waals surface area contributed by atoms with Crippen LogP contribution >= 0.6 is 0 Å². The van der Waals surface area contributed by atoms with Crippen LogP contribution in [-0.4, -0.2) is 24.5 Å². The van der Waals surface area contributed by atoms with Crippen molar-refractivity contribution in [2.75, 3.05) is 19.6 Å². The molecule has 19 heavy (non-hydrogen) atoms. The highest BCUT2D eigenvalue weighted by Crippen LogP contribution is 2.21. The Labute approximate surface area is 120 Å². The van der Waals surface area contributed by atoms with E-state index in [1.165, 1.54) is 62.0 Å². The normalized spacial score (nSPS) is 15.9. The SMILES string of the molecule is CCCCCN(CC)CCC1=CC(C)=CCC=C1C. The Balaban J connectivity index is 2.46. The summed E-state index contributed by atoms with van der Waals surface area (Å²) < 4.78 is 0. The minimum Gasteiger partial charge on any atom is -0.303 e. The highest BCUT2D eigenvalue weighted by molar-refractivity contribution is 5.38. The van der Waals surface area contributed by atoms with Gasteiger partial charge in [-0.1, -0.05) is 56.1 Å². The number of unbranched alkanes of at least 4 members (excludes halogenated alkanes) is 2. The molecule has 0 amide bonds. The second kappa shape index (κ2) is 9.14. The topological polar surface area (TPSA) is 3.24 Å². The van der Waals surface area contributed by atoms with Gasteiger partial charge in [-0.15, -0.1) is 0 Å². The summed E-state index contributed by atoms with van der Waals surface area (Å²) in [5.74, 6) is 0. The smallest absolute Gasteiger partial charge is 0.00218 e. The molecule has 0 fully saturated rings.